The van der Waals surface area contributed by atoms with Crippen molar-refractivity contribution in [3.8, 4) is 5.75 Å². The van der Waals surface area contributed by atoms with Gasteiger partial charge in [0.15, 0.2) is 0 Å². The first-order valence-electron chi connectivity index (χ1n) is 6.53. The molecule has 0 saturated carbocycles. The third-order valence-electron chi connectivity index (χ3n) is 2.76. The summed E-state index contributed by atoms with van der Waals surface area (Å²) < 4.78 is 5.52. The Balaban J connectivity index is 3.08. The molecule has 0 unspecified atom stereocenters. The topological polar surface area (TPSA) is 29.5 Å². The van der Waals surface area contributed by atoms with Gasteiger partial charge in [0, 0.05) is 12.1 Å². The van der Waals surface area contributed by atoms with Gasteiger partial charge in [0.1, 0.15) is 5.75 Å². The van der Waals surface area contributed by atoms with Crippen LogP contribution in [-0.2, 0) is 0 Å². The Hall–Kier alpha value is -1.51. The number of amides is 1. The summed E-state index contributed by atoms with van der Waals surface area (Å²) in [6, 6.07) is 7.77. The number of rotatable bonds is 5. The van der Waals surface area contributed by atoms with Gasteiger partial charge >= 0.3 is 0 Å². The fourth-order valence-corrected chi connectivity index (χ4v) is 2.13. The maximum atomic E-state index is 12.6. The van der Waals surface area contributed by atoms with Crippen LogP contribution < -0.4 is 4.74 Å². The molecule has 0 fully saturated rings. The molecule has 18 heavy (non-hydrogen) atoms. The van der Waals surface area contributed by atoms with Crippen LogP contribution in [0.5, 0.6) is 5.75 Å². The highest BCUT2D eigenvalue weighted by molar-refractivity contribution is 5.97. The van der Waals surface area contributed by atoms with Gasteiger partial charge in [-0.3, -0.25) is 4.79 Å². The monoisotopic (exact) mass is 249 g/mol. The molecule has 100 valence electrons. The number of hydrogen-bond donors (Lipinski definition) is 0. The summed E-state index contributed by atoms with van der Waals surface area (Å²) in [6.45, 7) is 10.6. The van der Waals surface area contributed by atoms with Crippen molar-refractivity contribution in [2.75, 3.05) is 6.61 Å². The van der Waals surface area contributed by atoms with E-state index in [1.54, 1.807) is 0 Å². The number of para-hydroxylation sites is 1. The Kier molecular flexibility index (Phi) is 5.20. The summed E-state index contributed by atoms with van der Waals surface area (Å²) in [5.74, 6) is 0.695. The van der Waals surface area contributed by atoms with Gasteiger partial charge in [-0.2, -0.15) is 0 Å². The molecule has 3 heteroatoms. The third-order valence-corrected chi connectivity index (χ3v) is 2.76. The Morgan fingerprint density at radius 1 is 1.17 bits per heavy atom. The molecule has 0 bridgehead atoms. The van der Waals surface area contributed by atoms with Crippen LogP contribution in [0, 0.1) is 0 Å². The second-order valence-corrected chi connectivity index (χ2v) is 4.83. The van der Waals surface area contributed by atoms with Crippen molar-refractivity contribution in [1.29, 1.82) is 0 Å². The van der Waals surface area contributed by atoms with E-state index in [1.165, 1.54) is 0 Å². The maximum absolute atomic E-state index is 12.6. The lowest BCUT2D eigenvalue weighted by Crippen LogP contribution is -2.42. The number of ether oxygens (including phenoxy) is 1. The third kappa shape index (κ3) is 3.25. The smallest absolute Gasteiger partial charge is 0.258 e. The Labute approximate surface area is 110 Å². The first-order chi connectivity index (χ1) is 8.49. The zero-order valence-corrected chi connectivity index (χ0v) is 11.9. The summed E-state index contributed by atoms with van der Waals surface area (Å²) >= 11 is 0. The van der Waals surface area contributed by atoms with Crippen LogP contribution in [0.3, 0.4) is 0 Å². The van der Waals surface area contributed by atoms with Crippen molar-refractivity contribution in [2.45, 2.75) is 46.7 Å². The number of carbonyl (C=O) groups excluding carboxylic acids is 1. The lowest BCUT2D eigenvalue weighted by molar-refractivity contribution is 0.0639. The zero-order chi connectivity index (χ0) is 13.7. The molecule has 0 N–H and O–H groups in total. The quantitative estimate of drug-likeness (QED) is 0.801. The molecule has 1 rings (SSSR count). The van der Waals surface area contributed by atoms with Crippen molar-refractivity contribution in [3.05, 3.63) is 29.8 Å². The Morgan fingerprint density at radius 2 is 1.72 bits per heavy atom. The highest BCUT2D eigenvalue weighted by atomic mass is 16.5. The average molecular weight is 249 g/mol. The Bertz CT molecular complexity index is 391. The fraction of sp³-hybridized carbons (Fsp3) is 0.533. The van der Waals surface area contributed by atoms with Gasteiger partial charge in [-0.1, -0.05) is 12.1 Å². The molecule has 0 heterocycles. The summed E-state index contributed by atoms with van der Waals surface area (Å²) in [5, 5.41) is 0. The molecule has 0 atom stereocenters. The summed E-state index contributed by atoms with van der Waals surface area (Å²) in [5.41, 5.74) is 0.641. The van der Waals surface area contributed by atoms with E-state index < -0.39 is 0 Å². The molecule has 0 aromatic heterocycles. The number of hydrogen-bond acceptors (Lipinski definition) is 2. The van der Waals surface area contributed by atoms with E-state index >= 15 is 0 Å². The number of carbonyl (C=O) groups is 1. The van der Waals surface area contributed by atoms with Crippen LogP contribution in [0.25, 0.3) is 0 Å². The van der Waals surface area contributed by atoms with Gasteiger partial charge in [-0.05, 0) is 46.8 Å². The predicted molar refractivity (Wildman–Crippen MR) is 74.1 cm³/mol. The molecule has 0 aliphatic carbocycles. The molecule has 1 aromatic carbocycles. The lowest BCUT2D eigenvalue weighted by Gasteiger charge is -2.31. The molecule has 1 aromatic rings. The Morgan fingerprint density at radius 3 is 2.22 bits per heavy atom. The van der Waals surface area contributed by atoms with Crippen LogP contribution >= 0.6 is 0 Å². The van der Waals surface area contributed by atoms with Crippen LogP contribution in [0.4, 0.5) is 0 Å². The molecule has 1 amide bonds. The molecule has 0 spiro atoms. The van der Waals surface area contributed by atoms with Crippen LogP contribution in [0.2, 0.25) is 0 Å². The van der Waals surface area contributed by atoms with Gasteiger partial charge < -0.3 is 9.64 Å². The van der Waals surface area contributed by atoms with Gasteiger partial charge in [-0.15, -0.1) is 0 Å². The van der Waals surface area contributed by atoms with Crippen molar-refractivity contribution in [2.24, 2.45) is 0 Å². The molecule has 0 aliphatic heterocycles. The summed E-state index contributed by atoms with van der Waals surface area (Å²) in [4.78, 5) is 14.4. The van der Waals surface area contributed by atoms with E-state index in [0.29, 0.717) is 17.9 Å². The van der Waals surface area contributed by atoms with E-state index in [1.807, 2.05) is 63.8 Å². The largest absolute Gasteiger partial charge is 0.493 e. The highest BCUT2D eigenvalue weighted by Crippen LogP contribution is 2.22. The molecule has 0 aliphatic rings. The van der Waals surface area contributed by atoms with Gasteiger partial charge in [0.2, 0.25) is 0 Å². The van der Waals surface area contributed by atoms with E-state index in [-0.39, 0.29) is 18.0 Å². The minimum Gasteiger partial charge on any atom is -0.493 e. The first kappa shape index (κ1) is 14.6. The summed E-state index contributed by atoms with van der Waals surface area (Å²) in [7, 11) is 0. The standard InChI is InChI=1S/C15H23NO2/c1-6-18-14-10-8-7-9-13(14)15(17)16(11(2)3)12(4)5/h7-12H,6H2,1-5H3. The van der Waals surface area contributed by atoms with Crippen LogP contribution in [-0.4, -0.2) is 29.5 Å². The predicted octanol–water partition coefficient (Wildman–Crippen LogP) is 3.34. The van der Waals surface area contributed by atoms with Gasteiger partial charge in [-0.25, -0.2) is 0 Å². The number of benzene rings is 1. The second kappa shape index (κ2) is 6.43. The van der Waals surface area contributed by atoms with E-state index in [4.69, 9.17) is 4.74 Å². The van der Waals surface area contributed by atoms with E-state index in [0.717, 1.165) is 0 Å². The molecule has 3 nitrogen and oxygen atoms in total. The normalized spacial score (nSPS) is 10.8. The van der Waals surface area contributed by atoms with Gasteiger partial charge in [0.25, 0.3) is 5.91 Å². The minimum absolute atomic E-state index is 0.0315. The van der Waals surface area contributed by atoms with Crippen molar-refractivity contribution in [1.82, 2.24) is 4.90 Å². The van der Waals surface area contributed by atoms with Crippen LogP contribution in [0.1, 0.15) is 45.0 Å². The van der Waals surface area contributed by atoms with Crippen molar-refractivity contribution in [3.63, 3.8) is 0 Å². The first-order valence-corrected chi connectivity index (χ1v) is 6.53. The molecular formula is C15H23NO2. The van der Waals surface area contributed by atoms with E-state index in [2.05, 4.69) is 0 Å². The summed E-state index contributed by atoms with van der Waals surface area (Å²) in [6.07, 6.45) is 0. The number of nitrogens with zero attached hydrogens (tertiary/aromatic N) is 1. The average Bonchev–Trinajstić information content (AvgIpc) is 2.29. The van der Waals surface area contributed by atoms with Crippen molar-refractivity contribution < 1.29 is 9.53 Å². The van der Waals surface area contributed by atoms with Crippen molar-refractivity contribution >= 4 is 5.91 Å². The highest BCUT2D eigenvalue weighted by Gasteiger charge is 2.23. The van der Waals surface area contributed by atoms with E-state index in [9.17, 15) is 4.79 Å². The van der Waals surface area contributed by atoms with Crippen LogP contribution in [0.15, 0.2) is 24.3 Å². The zero-order valence-electron chi connectivity index (χ0n) is 11.9. The molecular weight excluding hydrogens is 226 g/mol. The molecule has 0 radical (unpaired) electrons. The molecule has 0 saturated heterocycles. The second-order valence-electron chi connectivity index (χ2n) is 4.83. The van der Waals surface area contributed by atoms with Gasteiger partial charge in [0.05, 0.1) is 12.2 Å². The fourth-order valence-electron chi connectivity index (χ4n) is 2.13. The lowest BCUT2D eigenvalue weighted by atomic mass is 10.1. The SMILES string of the molecule is CCOc1ccccc1C(=O)N(C(C)C)C(C)C. The maximum Gasteiger partial charge on any atom is 0.258 e. The minimum atomic E-state index is 0.0315.